The average molecular weight is 261 g/mol. The number of likely N-dealkylation sites (tertiary alicyclic amines) is 1. The molecule has 1 aliphatic heterocycles. The lowest BCUT2D eigenvalue weighted by Gasteiger charge is -2.27. The highest BCUT2D eigenvalue weighted by Crippen LogP contribution is 2.33. The number of hydrogen-bond donors (Lipinski definition) is 2. The van der Waals surface area contributed by atoms with E-state index in [1.807, 2.05) is 12.1 Å². The van der Waals surface area contributed by atoms with Crippen molar-refractivity contribution in [3.63, 3.8) is 0 Å². The summed E-state index contributed by atoms with van der Waals surface area (Å²) in [6.07, 6.45) is 1.27. The Labute approximate surface area is 116 Å². The van der Waals surface area contributed by atoms with Crippen LogP contribution in [0.4, 0.5) is 0 Å². The summed E-state index contributed by atoms with van der Waals surface area (Å²) in [6, 6.07) is 7.55. The molecule has 1 heterocycles. The van der Waals surface area contributed by atoms with Crippen molar-refractivity contribution in [3.8, 4) is 0 Å². The Bertz CT molecular complexity index is 411. The zero-order valence-corrected chi connectivity index (χ0v) is 12.1. The van der Waals surface area contributed by atoms with Crippen LogP contribution >= 0.6 is 0 Å². The molecular formula is C15H24BNO2. The molecular weight excluding hydrogens is 237 g/mol. The van der Waals surface area contributed by atoms with Gasteiger partial charge >= 0.3 is 7.12 Å². The molecule has 1 aromatic carbocycles. The lowest BCUT2D eigenvalue weighted by Crippen LogP contribution is -2.30. The molecule has 104 valence electrons. The van der Waals surface area contributed by atoms with Crippen LogP contribution in [-0.2, 0) is 6.54 Å². The third kappa shape index (κ3) is 3.82. The molecule has 1 fully saturated rings. The van der Waals surface area contributed by atoms with Gasteiger partial charge in [-0.25, -0.2) is 0 Å². The molecule has 1 atom stereocenters. The van der Waals surface area contributed by atoms with Gasteiger partial charge in [0.1, 0.15) is 0 Å². The molecule has 2 N–H and O–H groups in total. The lowest BCUT2D eigenvalue weighted by atomic mass is 9.80. The number of benzene rings is 1. The van der Waals surface area contributed by atoms with Crippen LogP contribution in [0.2, 0.25) is 0 Å². The summed E-state index contributed by atoms with van der Waals surface area (Å²) in [5.74, 6) is 0.769. The fraction of sp³-hybridized carbons (Fsp3) is 0.600. The van der Waals surface area contributed by atoms with Crippen molar-refractivity contribution < 1.29 is 10.0 Å². The Morgan fingerprint density at radius 2 is 1.84 bits per heavy atom. The molecule has 19 heavy (non-hydrogen) atoms. The molecule has 0 amide bonds. The average Bonchev–Trinajstić information content (AvgIpc) is 2.78. The van der Waals surface area contributed by atoms with Crippen molar-refractivity contribution in [1.29, 1.82) is 0 Å². The van der Waals surface area contributed by atoms with Gasteiger partial charge in [0.2, 0.25) is 0 Å². The van der Waals surface area contributed by atoms with E-state index in [-0.39, 0.29) is 0 Å². The molecule has 3 nitrogen and oxygen atoms in total. The van der Waals surface area contributed by atoms with E-state index >= 15 is 0 Å². The molecule has 1 aromatic rings. The van der Waals surface area contributed by atoms with Crippen LogP contribution < -0.4 is 5.46 Å². The van der Waals surface area contributed by atoms with E-state index in [2.05, 4.69) is 25.7 Å². The minimum Gasteiger partial charge on any atom is -0.423 e. The highest BCUT2D eigenvalue weighted by molar-refractivity contribution is 6.58. The first-order valence-corrected chi connectivity index (χ1v) is 7.03. The SMILES string of the molecule is CC(C)(C)C1CCN(Cc2ccc(B(O)O)cc2)C1. The Hall–Kier alpha value is -0.835. The molecule has 0 radical (unpaired) electrons. The van der Waals surface area contributed by atoms with Gasteiger partial charge < -0.3 is 10.0 Å². The molecule has 1 aliphatic rings. The number of hydrogen-bond acceptors (Lipinski definition) is 3. The summed E-state index contributed by atoms with van der Waals surface area (Å²) in [5, 5.41) is 18.1. The second-order valence-electron chi connectivity index (χ2n) is 6.70. The van der Waals surface area contributed by atoms with Crippen molar-refractivity contribution in [2.45, 2.75) is 33.7 Å². The smallest absolute Gasteiger partial charge is 0.423 e. The Morgan fingerprint density at radius 3 is 2.32 bits per heavy atom. The highest BCUT2D eigenvalue weighted by atomic mass is 16.4. The summed E-state index contributed by atoms with van der Waals surface area (Å²) in [6.45, 7) is 10.2. The van der Waals surface area contributed by atoms with Crippen molar-refractivity contribution >= 4 is 12.6 Å². The van der Waals surface area contributed by atoms with Crippen LogP contribution in [0.5, 0.6) is 0 Å². The van der Waals surface area contributed by atoms with Gasteiger partial charge in [0.15, 0.2) is 0 Å². The van der Waals surface area contributed by atoms with Gasteiger partial charge in [-0.1, -0.05) is 45.0 Å². The van der Waals surface area contributed by atoms with Gasteiger partial charge in [-0.2, -0.15) is 0 Å². The highest BCUT2D eigenvalue weighted by Gasteiger charge is 2.31. The first-order valence-electron chi connectivity index (χ1n) is 7.03. The molecule has 4 heteroatoms. The van der Waals surface area contributed by atoms with Crippen molar-refractivity contribution in [1.82, 2.24) is 4.90 Å². The zero-order chi connectivity index (χ0) is 14.0. The predicted octanol–water partition coefficient (Wildman–Crippen LogP) is 1.23. The number of nitrogens with zero attached hydrogens (tertiary/aromatic N) is 1. The quantitative estimate of drug-likeness (QED) is 0.804. The molecule has 1 saturated heterocycles. The van der Waals surface area contributed by atoms with E-state index in [0.29, 0.717) is 10.9 Å². The predicted molar refractivity (Wildman–Crippen MR) is 79.1 cm³/mol. The van der Waals surface area contributed by atoms with E-state index in [0.717, 1.165) is 25.6 Å². The van der Waals surface area contributed by atoms with Crippen LogP contribution in [0, 0.1) is 11.3 Å². The third-order valence-corrected chi connectivity index (χ3v) is 4.18. The molecule has 1 unspecified atom stereocenters. The summed E-state index contributed by atoms with van der Waals surface area (Å²) in [4.78, 5) is 2.49. The Morgan fingerprint density at radius 1 is 1.21 bits per heavy atom. The molecule has 0 spiro atoms. The maximum Gasteiger partial charge on any atom is 0.488 e. The standard InChI is InChI=1S/C15H24BNO2/c1-15(2,3)13-8-9-17(11-13)10-12-4-6-14(7-5-12)16(18)19/h4-7,13,18-19H,8-11H2,1-3H3. The fourth-order valence-electron chi connectivity index (χ4n) is 2.74. The second-order valence-corrected chi connectivity index (χ2v) is 6.70. The van der Waals surface area contributed by atoms with Gasteiger partial charge in [0.25, 0.3) is 0 Å². The van der Waals surface area contributed by atoms with Gasteiger partial charge in [0.05, 0.1) is 0 Å². The van der Waals surface area contributed by atoms with Gasteiger partial charge in [-0.05, 0) is 35.3 Å². The minimum absolute atomic E-state index is 0.388. The van der Waals surface area contributed by atoms with Crippen LogP contribution in [-0.4, -0.2) is 35.2 Å². The molecule has 0 aliphatic carbocycles. The van der Waals surface area contributed by atoms with Crippen molar-refractivity contribution in [3.05, 3.63) is 29.8 Å². The maximum atomic E-state index is 9.07. The summed E-state index contributed by atoms with van der Waals surface area (Å²) in [7, 11) is -1.37. The van der Waals surface area contributed by atoms with Crippen LogP contribution in [0.25, 0.3) is 0 Å². The van der Waals surface area contributed by atoms with E-state index in [4.69, 9.17) is 10.0 Å². The van der Waals surface area contributed by atoms with Crippen LogP contribution in [0.3, 0.4) is 0 Å². The van der Waals surface area contributed by atoms with E-state index < -0.39 is 7.12 Å². The first-order chi connectivity index (χ1) is 8.86. The topological polar surface area (TPSA) is 43.7 Å². The molecule has 2 rings (SSSR count). The van der Waals surface area contributed by atoms with Crippen LogP contribution in [0.1, 0.15) is 32.8 Å². The lowest BCUT2D eigenvalue weighted by molar-refractivity contribution is 0.226. The third-order valence-electron chi connectivity index (χ3n) is 4.18. The Kier molecular flexibility index (Phi) is 4.34. The van der Waals surface area contributed by atoms with Crippen molar-refractivity contribution in [2.75, 3.05) is 13.1 Å². The van der Waals surface area contributed by atoms with E-state index in [1.165, 1.54) is 12.0 Å². The maximum absolute atomic E-state index is 9.07. The molecule has 0 bridgehead atoms. The zero-order valence-electron chi connectivity index (χ0n) is 12.1. The molecule has 0 saturated carbocycles. The minimum atomic E-state index is -1.37. The molecule has 0 aromatic heterocycles. The first kappa shape index (κ1) is 14.6. The summed E-state index contributed by atoms with van der Waals surface area (Å²) < 4.78 is 0. The Balaban J connectivity index is 1.92. The van der Waals surface area contributed by atoms with Gasteiger partial charge in [0, 0.05) is 13.1 Å². The van der Waals surface area contributed by atoms with E-state index in [1.54, 1.807) is 12.1 Å². The van der Waals surface area contributed by atoms with Crippen molar-refractivity contribution in [2.24, 2.45) is 11.3 Å². The van der Waals surface area contributed by atoms with Crippen LogP contribution in [0.15, 0.2) is 24.3 Å². The second kappa shape index (κ2) is 5.65. The van der Waals surface area contributed by atoms with Gasteiger partial charge in [-0.3, -0.25) is 4.90 Å². The fourth-order valence-corrected chi connectivity index (χ4v) is 2.74. The normalized spacial score (nSPS) is 20.8. The summed E-state index contributed by atoms with van der Waals surface area (Å²) in [5.41, 5.74) is 2.18. The monoisotopic (exact) mass is 261 g/mol. The largest absolute Gasteiger partial charge is 0.488 e. The van der Waals surface area contributed by atoms with E-state index in [9.17, 15) is 0 Å². The number of rotatable bonds is 3. The summed E-state index contributed by atoms with van der Waals surface area (Å²) >= 11 is 0. The van der Waals surface area contributed by atoms with Gasteiger partial charge in [-0.15, -0.1) is 0 Å².